The summed E-state index contributed by atoms with van der Waals surface area (Å²) < 4.78 is 4.96. The molecule has 2 N–H and O–H groups in total. The first kappa shape index (κ1) is 14.2. The molecular formula is C13H17NO4. The number of carbonyl (C=O) groups is 2. The van der Waals surface area contributed by atoms with Gasteiger partial charge in [0.05, 0.1) is 12.2 Å². The highest BCUT2D eigenvalue weighted by molar-refractivity contribution is 5.94. The summed E-state index contributed by atoms with van der Waals surface area (Å²) >= 11 is 0. The van der Waals surface area contributed by atoms with E-state index in [9.17, 15) is 9.59 Å². The molecule has 0 unspecified atom stereocenters. The number of methoxy groups -OCH3 is 1. The normalized spacial score (nSPS) is 10.4. The van der Waals surface area contributed by atoms with Crippen molar-refractivity contribution in [3.8, 4) is 0 Å². The second kappa shape index (κ2) is 6.16. The summed E-state index contributed by atoms with van der Waals surface area (Å²) in [5, 5.41) is 11.7. The van der Waals surface area contributed by atoms with Crippen molar-refractivity contribution in [1.82, 2.24) is 0 Å². The zero-order chi connectivity index (χ0) is 13.7. The van der Waals surface area contributed by atoms with E-state index in [4.69, 9.17) is 9.84 Å². The Bertz CT molecular complexity index is 454. The summed E-state index contributed by atoms with van der Waals surface area (Å²) in [7, 11) is 1.53. The Kier molecular flexibility index (Phi) is 4.85. The average molecular weight is 251 g/mol. The van der Waals surface area contributed by atoms with Gasteiger partial charge in [-0.3, -0.25) is 4.79 Å². The standard InChI is InChI=1S/C13H17NO4/c1-8(2)12(15)14-11-5-9(7-18-3)4-10(6-11)13(16)17/h4-6,8H,7H2,1-3H3,(H,14,15)(H,16,17). The van der Waals surface area contributed by atoms with Gasteiger partial charge >= 0.3 is 5.97 Å². The molecule has 0 atom stereocenters. The van der Waals surface area contributed by atoms with E-state index < -0.39 is 5.97 Å². The topological polar surface area (TPSA) is 75.6 Å². The van der Waals surface area contributed by atoms with E-state index in [-0.39, 0.29) is 17.4 Å². The number of hydrogen-bond acceptors (Lipinski definition) is 3. The number of carboxylic acid groups (broad SMARTS) is 1. The van der Waals surface area contributed by atoms with Gasteiger partial charge in [-0.05, 0) is 23.8 Å². The SMILES string of the molecule is COCc1cc(NC(=O)C(C)C)cc(C(=O)O)c1. The number of hydrogen-bond donors (Lipinski definition) is 2. The van der Waals surface area contributed by atoms with Crippen molar-refractivity contribution in [2.75, 3.05) is 12.4 Å². The van der Waals surface area contributed by atoms with E-state index in [1.54, 1.807) is 19.9 Å². The van der Waals surface area contributed by atoms with E-state index in [0.717, 1.165) is 0 Å². The molecule has 0 aliphatic heterocycles. The Morgan fingerprint density at radius 3 is 2.50 bits per heavy atom. The Morgan fingerprint density at radius 1 is 1.33 bits per heavy atom. The van der Waals surface area contributed by atoms with Crippen LogP contribution in [-0.4, -0.2) is 24.1 Å². The number of aromatic carboxylic acids is 1. The van der Waals surface area contributed by atoms with Gasteiger partial charge in [-0.2, -0.15) is 0 Å². The van der Waals surface area contributed by atoms with Crippen LogP contribution in [0.2, 0.25) is 0 Å². The van der Waals surface area contributed by atoms with Crippen molar-refractivity contribution in [3.05, 3.63) is 29.3 Å². The lowest BCUT2D eigenvalue weighted by molar-refractivity contribution is -0.118. The quantitative estimate of drug-likeness (QED) is 0.840. The summed E-state index contributed by atoms with van der Waals surface area (Å²) in [6.45, 7) is 3.84. The molecule has 0 aromatic heterocycles. The average Bonchev–Trinajstić information content (AvgIpc) is 2.28. The van der Waals surface area contributed by atoms with Crippen molar-refractivity contribution in [3.63, 3.8) is 0 Å². The van der Waals surface area contributed by atoms with Crippen LogP contribution in [-0.2, 0) is 16.1 Å². The van der Waals surface area contributed by atoms with E-state index >= 15 is 0 Å². The predicted molar refractivity (Wildman–Crippen MR) is 67.6 cm³/mol. The minimum atomic E-state index is -1.03. The lowest BCUT2D eigenvalue weighted by atomic mass is 10.1. The number of amides is 1. The van der Waals surface area contributed by atoms with Crippen LogP contribution in [0.25, 0.3) is 0 Å². The smallest absolute Gasteiger partial charge is 0.335 e. The van der Waals surface area contributed by atoms with Crippen LogP contribution in [0.3, 0.4) is 0 Å². The highest BCUT2D eigenvalue weighted by Crippen LogP contribution is 2.17. The first-order valence-electron chi connectivity index (χ1n) is 5.61. The highest BCUT2D eigenvalue weighted by Gasteiger charge is 2.11. The molecule has 0 aliphatic rings. The number of benzene rings is 1. The summed E-state index contributed by atoms with van der Waals surface area (Å²) in [6.07, 6.45) is 0. The molecular weight excluding hydrogens is 234 g/mol. The number of ether oxygens (including phenoxy) is 1. The monoisotopic (exact) mass is 251 g/mol. The third-order valence-electron chi connectivity index (χ3n) is 2.34. The molecule has 1 amide bonds. The molecule has 0 fully saturated rings. The molecule has 1 aromatic rings. The molecule has 0 radical (unpaired) electrons. The highest BCUT2D eigenvalue weighted by atomic mass is 16.5. The molecule has 0 aliphatic carbocycles. The minimum absolute atomic E-state index is 0.128. The minimum Gasteiger partial charge on any atom is -0.478 e. The first-order valence-corrected chi connectivity index (χ1v) is 5.61. The number of anilines is 1. The molecule has 0 saturated carbocycles. The fourth-order valence-electron chi connectivity index (χ4n) is 1.42. The Labute approximate surface area is 106 Å². The third kappa shape index (κ3) is 3.85. The molecule has 5 nitrogen and oxygen atoms in total. The molecule has 0 heterocycles. The van der Waals surface area contributed by atoms with Gasteiger partial charge in [0.15, 0.2) is 0 Å². The summed E-state index contributed by atoms with van der Waals surface area (Å²) in [4.78, 5) is 22.5. The zero-order valence-electron chi connectivity index (χ0n) is 10.7. The van der Waals surface area contributed by atoms with Gasteiger partial charge in [-0.1, -0.05) is 13.8 Å². The van der Waals surface area contributed by atoms with Crippen LogP contribution in [0, 0.1) is 5.92 Å². The van der Waals surface area contributed by atoms with Gasteiger partial charge in [0, 0.05) is 18.7 Å². The van der Waals surface area contributed by atoms with Crippen molar-refractivity contribution in [1.29, 1.82) is 0 Å². The number of nitrogens with one attached hydrogen (secondary N) is 1. The molecule has 0 spiro atoms. The van der Waals surface area contributed by atoms with Crippen molar-refractivity contribution >= 4 is 17.6 Å². The van der Waals surface area contributed by atoms with E-state index in [1.807, 2.05) is 0 Å². The molecule has 5 heteroatoms. The second-order valence-corrected chi connectivity index (χ2v) is 4.30. The third-order valence-corrected chi connectivity index (χ3v) is 2.34. The first-order chi connectivity index (χ1) is 8.43. The van der Waals surface area contributed by atoms with Crippen LogP contribution < -0.4 is 5.32 Å². The van der Waals surface area contributed by atoms with Crippen molar-refractivity contribution < 1.29 is 19.4 Å². The van der Waals surface area contributed by atoms with Crippen LogP contribution in [0.4, 0.5) is 5.69 Å². The molecule has 98 valence electrons. The molecule has 0 bridgehead atoms. The lowest BCUT2D eigenvalue weighted by Crippen LogP contribution is -2.18. The molecule has 0 saturated heterocycles. The Morgan fingerprint density at radius 2 is 2.00 bits per heavy atom. The molecule has 1 rings (SSSR count). The van der Waals surface area contributed by atoms with Crippen LogP contribution >= 0.6 is 0 Å². The largest absolute Gasteiger partial charge is 0.478 e. The van der Waals surface area contributed by atoms with Crippen molar-refractivity contribution in [2.24, 2.45) is 5.92 Å². The van der Waals surface area contributed by atoms with Gasteiger partial charge in [0.1, 0.15) is 0 Å². The number of rotatable bonds is 5. The number of carbonyl (C=O) groups excluding carboxylic acids is 1. The second-order valence-electron chi connectivity index (χ2n) is 4.30. The molecule has 1 aromatic carbocycles. The van der Waals surface area contributed by atoms with Crippen LogP contribution in [0.1, 0.15) is 29.8 Å². The fraction of sp³-hybridized carbons (Fsp3) is 0.385. The summed E-state index contributed by atoms with van der Waals surface area (Å²) in [6, 6.07) is 4.66. The Balaban J connectivity index is 3.03. The Hall–Kier alpha value is -1.88. The van der Waals surface area contributed by atoms with E-state index in [2.05, 4.69) is 5.32 Å². The maximum Gasteiger partial charge on any atom is 0.335 e. The molecule has 18 heavy (non-hydrogen) atoms. The van der Waals surface area contributed by atoms with Crippen LogP contribution in [0.5, 0.6) is 0 Å². The zero-order valence-corrected chi connectivity index (χ0v) is 10.7. The van der Waals surface area contributed by atoms with Gasteiger partial charge in [-0.25, -0.2) is 4.79 Å². The van der Waals surface area contributed by atoms with E-state index in [0.29, 0.717) is 17.9 Å². The fourth-order valence-corrected chi connectivity index (χ4v) is 1.42. The van der Waals surface area contributed by atoms with Gasteiger partial charge < -0.3 is 15.2 Å². The summed E-state index contributed by atoms with van der Waals surface area (Å²) in [5.74, 6) is -1.35. The van der Waals surface area contributed by atoms with Gasteiger partial charge in [-0.15, -0.1) is 0 Å². The number of carboxylic acids is 1. The maximum atomic E-state index is 11.6. The lowest BCUT2D eigenvalue weighted by Gasteiger charge is -2.10. The summed E-state index contributed by atoms with van der Waals surface area (Å²) in [5.41, 5.74) is 1.31. The van der Waals surface area contributed by atoms with Crippen LogP contribution in [0.15, 0.2) is 18.2 Å². The van der Waals surface area contributed by atoms with E-state index in [1.165, 1.54) is 19.2 Å². The van der Waals surface area contributed by atoms with Gasteiger partial charge in [0.2, 0.25) is 5.91 Å². The predicted octanol–water partition coefficient (Wildman–Crippen LogP) is 2.13. The van der Waals surface area contributed by atoms with Gasteiger partial charge in [0.25, 0.3) is 0 Å². The van der Waals surface area contributed by atoms with Crippen molar-refractivity contribution in [2.45, 2.75) is 20.5 Å². The maximum absolute atomic E-state index is 11.6.